The summed E-state index contributed by atoms with van der Waals surface area (Å²) >= 11 is 5.98. The predicted octanol–water partition coefficient (Wildman–Crippen LogP) is 5.50. The minimum atomic E-state index is -0.941. The minimum Gasteiger partial charge on any atom is -0.507 e. The molecule has 5 nitrogen and oxygen atoms in total. The number of aliphatic hydroxyl groups is 1. The van der Waals surface area contributed by atoms with E-state index in [0.29, 0.717) is 34.2 Å². The number of carbonyl (C=O) groups is 2. The normalized spacial score (nSPS) is 17.6. The van der Waals surface area contributed by atoms with Crippen molar-refractivity contribution in [2.24, 2.45) is 0 Å². The van der Waals surface area contributed by atoms with Crippen molar-refractivity contribution in [3.8, 4) is 5.75 Å². The molecule has 32 heavy (non-hydrogen) atoms. The fourth-order valence-corrected chi connectivity index (χ4v) is 3.82. The average molecular weight is 452 g/mol. The van der Waals surface area contributed by atoms with Crippen molar-refractivity contribution in [1.29, 1.82) is 0 Å². The van der Waals surface area contributed by atoms with Gasteiger partial charge in [0, 0.05) is 16.3 Å². The van der Waals surface area contributed by atoms with Gasteiger partial charge >= 0.3 is 0 Å². The van der Waals surface area contributed by atoms with Gasteiger partial charge in [-0.25, -0.2) is 4.39 Å². The van der Waals surface area contributed by atoms with Gasteiger partial charge in [-0.1, -0.05) is 23.7 Å². The van der Waals surface area contributed by atoms with Crippen LogP contribution in [0, 0.1) is 5.82 Å². The average Bonchev–Trinajstić information content (AvgIpc) is 3.06. The van der Waals surface area contributed by atoms with Crippen LogP contribution in [0.25, 0.3) is 5.76 Å². The number of ketones is 1. The van der Waals surface area contributed by atoms with Gasteiger partial charge in [-0.2, -0.15) is 0 Å². The molecular weight excluding hydrogens is 433 g/mol. The van der Waals surface area contributed by atoms with Crippen molar-refractivity contribution in [2.45, 2.75) is 13.0 Å². The molecular formula is C25H19ClFNO4. The van der Waals surface area contributed by atoms with Crippen LogP contribution in [-0.2, 0) is 9.59 Å². The number of aliphatic hydroxyl groups excluding tert-OH is 1. The third-order valence-electron chi connectivity index (χ3n) is 5.17. The first-order valence-electron chi connectivity index (χ1n) is 9.96. The van der Waals surface area contributed by atoms with Crippen LogP contribution in [0.4, 0.5) is 10.1 Å². The number of halogens is 2. The molecule has 0 aliphatic carbocycles. The summed E-state index contributed by atoms with van der Waals surface area (Å²) in [7, 11) is 0. The summed E-state index contributed by atoms with van der Waals surface area (Å²) in [5, 5.41) is 11.5. The molecule has 0 aromatic heterocycles. The second kappa shape index (κ2) is 8.85. The van der Waals surface area contributed by atoms with E-state index < -0.39 is 23.5 Å². The Kier molecular flexibility index (Phi) is 5.97. The van der Waals surface area contributed by atoms with Gasteiger partial charge in [0.1, 0.15) is 17.3 Å². The molecule has 1 heterocycles. The van der Waals surface area contributed by atoms with Gasteiger partial charge in [0.25, 0.3) is 11.7 Å². The quantitative estimate of drug-likeness (QED) is 0.316. The molecule has 3 aromatic rings. The van der Waals surface area contributed by atoms with Crippen LogP contribution in [0.15, 0.2) is 78.4 Å². The molecule has 1 unspecified atom stereocenters. The van der Waals surface area contributed by atoms with E-state index in [-0.39, 0.29) is 11.3 Å². The molecule has 1 aliphatic rings. The SMILES string of the molecule is CCOc1ccc(/C(O)=C2\C(=O)C(=O)N(c3ccc(Cl)cc3)C2c2ccc(F)cc2)cc1. The van der Waals surface area contributed by atoms with Gasteiger partial charge in [0.05, 0.1) is 18.2 Å². The first-order valence-corrected chi connectivity index (χ1v) is 10.3. The largest absolute Gasteiger partial charge is 0.507 e. The van der Waals surface area contributed by atoms with Crippen molar-refractivity contribution < 1.29 is 23.8 Å². The highest BCUT2D eigenvalue weighted by Gasteiger charge is 2.46. The zero-order chi connectivity index (χ0) is 22.8. The molecule has 4 rings (SSSR count). The van der Waals surface area contributed by atoms with Crippen molar-refractivity contribution in [3.63, 3.8) is 0 Å². The van der Waals surface area contributed by atoms with Crippen LogP contribution in [0.5, 0.6) is 5.75 Å². The van der Waals surface area contributed by atoms with Crippen LogP contribution in [0.1, 0.15) is 24.1 Å². The highest BCUT2D eigenvalue weighted by Crippen LogP contribution is 2.42. The van der Waals surface area contributed by atoms with E-state index in [9.17, 15) is 19.1 Å². The molecule has 0 radical (unpaired) electrons. The number of Topliss-reactive ketones (excluding diaryl/α,β-unsaturated/α-hetero) is 1. The Morgan fingerprint density at radius 3 is 2.22 bits per heavy atom. The molecule has 1 atom stereocenters. The number of nitrogens with zero attached hydrogens (tertiary/aromatic N) is 1. The van der Waals surface area contributed by atoms with E-state index in [0.717, 1.165) is 0 Å². The molecule has 7 heteroatoms. The number of hydrogen-bond acceptors (Lipinski definition) is 4. The first-order chi connectivity index (χ1) is 15.4. The Morgan fingerprint density at radius 1 is 1.00 bits per heavy atom. The third kappa shape index (κ3) is 3.97. The number of anilines is 1. The van der Waals surface area contributed by atoms with Crippen molar-refractivity contribution in [3.05, 3.63) is 100 Å². The molecule has 3 aromatic carbocycles. The van der Waals surface area contributed by atoms with Crippen LogP contribution < -0.4 is 9.64 Å². The number of rotatable bonds is 5. The maximum atomic E-state index is 13.6. The fraction of sp³-hybridized carbons (Fsp3) is 0.120. The summed E-state index contributed by atoms with van der Waals surface area (Å²) in [5.74, 6) is -1.79. The highest BCUT2D eigenvalue weighted by molar-refractivity contribution is 6.51. The van der Waals surface area contributed by atoms with Crippen LogP contribution in [0.3, 0.4) is 0 Å². The number of ether oxygens (including phenoxy) is 1. The van der Waals surface area contributed by atoms with E-state index in [1.54, 1.807) is 48.5 Å². The van der Waals surface area contributed by atoms with E-state index in [4.69, 9.17) is 16.3 Å². The second-order valence-electron chi connectivity index (χ2n) is 7.15. The maximum Gasteiger partial charge on any atom is 0.300 e. The van der Waals surface area contributed by atoms with Gasteiger partial charge in [-0.15, -0.1) is 0 Å². The van der Waals surface area contributed by atoms with E-state index >= 15 is 0 Å². The molecule has 0 bridgehead atoms. The Labute approximate surface area is 189 Å². The second-order valence-corrected chi connectivity index (χ2v) is 7.59. The van der Waals surface area contributed by atoms with E-state index in [2.05, 4.69) is 0 Å². The first kappa shape index (κ1) is 21.6. The number of benzene rings is 3. The van der Waals surface area contributed by atoms with Crippen molar-refractivity contribution >= 4 is 34.7 Å². The Bertz CT molecular complexity index is 1190. The number of amides is 1. The monoisotopic (exact) mass is 451 g/mol. The summed E-state index contributed by atoms with van der Waals surface area (Å²) in [6.45, 7) is 2.34. The lowest BCUT2D eigenvalue weighted by molar-refractivity contribution is -0.132. The van der Waals surface area contributed by atoms with Crippen LogP contribution in [0.2, 0.25) is 5.02 Å². The smallest absolute Gasteiger partial charge is 0.300 e. The topological polar surface area (TPSA) is 66.8 Å². The Hall–Kier alpha value is -3.64. The summed E-state index contributed by atoms with van der Waals surface area (Å²) in [5.41, 5.74) is 1.18. The standard InChI is InChI=1S/C25H19ClFNO4/c1-2-32-20-13-5-16(6-14-20)23(29)21-22(15-3-9-18(27)10-4-15)28(25(31)24(21)30)19-11-7-17(26)8-12-19/h3-14,22,29H,2H2,1H3/b23-21+. The Morgan fingerprint density at radius 2 is 1.62 bits per heavy atom. The van der Waals surface area contributed by atoms with Gasteiger partial charge in [-0.3, -0.25) is 14.5 Å². The number of hydrogen-bond donors (Lipinski definition) is 1. The molecule has 1 fully saturated rings. The van der Waals surface area contributed by atoms with Crippen molar-refractivity contribution in [1.82, 2.24) is 0 Å². The zero-order valence-electron chi connectivity index (χ0n) is 17.1. The molecule has 1 N–H and O–H groups in total. The molecule has 162 valence electrons. The third-order valence-corrected chi connectivity index (χ3v) is 5.43. The number of carbonyl (C=O) groups excluding carboxylic acids is 2. The van der Waals surface area contributed by atoms with Crippen LogP contribution >= 0.6 is 11.6 Å². The van der Waals surface area contributed by atoms with Gasteiger partial charge in [0.15, 0.2) is 0 Å². The lowest BCUT2D eigenvalue weighted by Gasteiger charge is -2.25. The molecule has 1 amide bonds. The predicted molar refractivity (Wildman–Crippen MR) is 120 cm³/mol. The van der Waals surface area contributed by atoms with E-state index in [1.807, 2.05) is 6.92 Å². The summed E-state index contributed by atoms with van der Waals surface area (Å²) in [4.78, 5) is 27.4. The van der Waals surface area contributed by atoms with Crippen LogP contribution in [-0.4, -0.2) is 23.4 Å². The summed E-state index contributed by atoms with van der Waals surface area (Å²) < 4.78 is 19.0. The van der Waals surface area contributed by atoms with E-state index in [1.165, 1.54) is 29.2 Å². The van der Waals surface area contributed by atoms with Gasteiger partial charge < -0.3 is 9.84 Å². The maximum absolute atomic E-state index is 13.6. The lowest BCUT2D eigenvalue weighted by Crippen LogP contribution is -2.29. The van der Waals surface area contributed by atoms with Gasteiger partial charge in [0.2, 0.25) is 0 Å². The summed E-state index contributed by atoms with van der Waals surface area (Å²) in [6, 6.07) is 17.5. The molecule has 0 saturated carbocycles. The Balaban J connectivity index is 1.88. The fourth-order valence-electron chi connectivity index (χ4n) is 3.69. The molecule has 0 spiro atoms. The van der Waals surface area contributed by atoms with Crippen molar-refractivity contribution in [2.75, 3.05) is 11.5 Å². The van der Waals surface area contributed by atoms with Gasteiger partial charge in [-0.05, 0) is 73.2 Å². The highest BCUT2D eigenvalue weighted by atomic mass is 35.5. The zero-order valence-corrected chi connectivity index (χ0v) is 17.8. The minimum absolute atomic E-state index is 0.0827. The molecule has 1 saturated heterocycles. The molecule has 1 aliphatic heterocycles. The summed E-state index contributed by atoms with van der Waals surface area (Å²) in [6.07, 6.45) is 0. The lowest BCUT2D eigenvalue weighted by atomic mass is 9.95.